The molecule has 0 atom stereocenters. The average molecular weight is 457 g/mol. The first-order chi connectivity index (χ1) is 14.9. The van der Waals surface area contributed by atoms with Crippen LogP contribution in [0, 0.1) is 6.92 Å². The van der Waals surface area contributed by atoms with Crippen LogP contribution in [0.2, 0.25) is 0 Å². The van der Waals surface area contributed by atoms with E-state index in [2.05, 4.69) is 10.4 Å². The Hall–Kier alpha value is -3.11. The Morgan fingerprint density at radius 2 is 2.06 bits per heavy atom. The molecule has 4 rings (SSSR count). The molecule has 3 aromatic rings. The number of imide groups is 1. The molecule has 10 heteroatoms. The normalized spacial score (nSPS) is 13.8. The van der Waals surface area contributed by atoms with Crippen LogP contribution in [0.3, 0.4) is 0 Å². The van der Waals surface area contributed by atoms with Crippen LogP contribution in [0.1, 0.15) is 30.7 Å². The van der Waals surface area contributed by atoms with Crippen molar-refractivity contribution in [2.24, 2.45) is 0 Å². The van der Waals surface area contributed by atoms with Crippen LogP contribution in [0.5, 0.6) is 0 Å². The first-order valence-corrected chi connectivity index (χ1v) is 11.4. The van der Waals surface area contributed by atoms with Gasteiger partial charge in [-0.25, -0.2) is 9.97 Å². The van der Waals surface area contributed by atoms with Crippen molar-refractivity contribution in [3.63, 3.8) is 0 Å². The third-order valence-electron chi connectivity index (χ3n) is 4.81. The summed E-state index contributed by atoms with van der Waals surface area (Å²) in [5, 5.41) is 3.63. The highest BCUT2D eigenvalue weighted by Crippen LogP contribution is 2.37. The van der Waals surface area contributed by atoms with Gasteiger partial charge in [-0.3, -0.25) is 19.8 Å². The Labute approximate surface area is 186 Å². The predicted octanol–water partition coefficient (Wildman–Crippen LogP) is 3.87. The van der Waals surface area contributed by atoms with Gasteiger partial charge in [0.05, 0.1) is 23.3 Å². The number of esters is 1. The number of hydrogen-bond acceptors (Lipinski definition) is 9. The van der Waals surface area contributed by atoms with Gasteiger partial charge in [0.2, 0.25) is 0 Å². The van der Waals surface area contributed by atoms with Gasteiger partial charge in [-0.05, 0) is 44.2 Å². The number of anilines is 1. The van der Waals surface area contributed by atoms with E-state index in [9.17, 15) is 14.4 Å². The second-order valence-corrected chi connectivity index (χ2v) is 8.96. The standard InChI is InChI=1S/C21H20N4O4S2/c1-4-29-16(27)8-7-13-12(3)17-19(24-25-15(26)10-11(2)21(25)28)22-18(23-20(17)31-13)14-6-5-9-30-14/h5-6,9-10H,4,7-8H2,1-3H3,(H,22,23,24). The lowest BCUT2D eigenvalue weighted by molar-refractivity contribution is -0.143. The quantitative estimate of drug-likeness (QED) is 0.425. The fourth-order valence-electron chi connectivity index (χ4n) is 3.27. The van der Waals surface area contributed by atoms with Crippen molar-refractivity contribution in [3.05, 3.63) is 39.6 Å². The number of carbonyl (C=O) groups is 3. The molecule has 0 radical (unpaired) electrons. The summed E-state index contributed by atoms with van der Waals surface area (Å²) in [4.78, 5) is 48.4. The minimum absolute atomic E-state index is 0.252. The summed E-state index contributed by atoms with van der Waals surface area (Å²) in [5.41, 5.74) is 4.18. The van der Waals surface area contributed by atoms with Crippen molar-refractivity contribution in [2.45, 2.75) is 33.6 Å². The van der Waals surface area contributed by atoms with Crippen molar-refractivity contribution in [3.8, 4) is 10.7 Å². The molecule has 1 aliphatic heterocycles. The Kier molecular flexibility index (Phi) is 5.84. The van der Waals surface area contributed by atoms with Gasteiger partial charge in [0.1, 0.15) is 4.83 Å². The molecule has 0 unspecified atom stereocenters. The number of ether oxygens (including phenoxy) is 1. The highest BCUT2D eigenvalue weighted by atomic mass is 32.1. The summed E-state index contributed by atoms with van der Waals surface area (Å²) in [6.07, 6.45) is 2.07. The van der Waals surface area contributed by atoms with Crippen LogP contribution >= 0.6 is 22.7 Å². The van der Waals surface area contributed by atoms with E-state index in [-0.39, 0.29) is 12.4 Å². The van der Waals surface area contributed by atoms with Gasteiger partial charge in [-0.15, -0.1) is 22.7 Å². The number of hydrogen-bond donors (Lipinski definition) is 1. The monoisotopic (exact) mass is 456 g/mol. The molecule has 0 spiro atoms. The maximum absolute atomic E-state index is 12.4. The Bertz CT molecular complexity index is 1210. The molecular formula is C21H20N4O4S2. The number of fused-ring (bicyclic) bond motifs is 1. The zero-order valence-electron chi connectivity index (χ0n) is 17.2. The SMILES string of the molecule is CCOC(=O)CCc1sc2nc(-c3cccs3)nc(NN3C(=O)C=C(C)C3=O)c2c1C. The number of nitrogens with zero attached hydrogens (tertiary/aromatic N) is 3. The summed E-state index contributed by atoms with van der Waals surface area (Å²) < 4.78 is 5.03. The topological polar surface area (TPSA) is 101 Å². The van der Waals surface area contributed by atoms with Crippen LogP contribution < -0.4 is 5.43 Å². The van der Waals surface area contributed by atoms with Crippen molar-refractivity contribution < 1.29 is 19.1 Å². The van der Waals surface area contributed by atoms with E-state index in [4.69, 9.17) is 9.72 Å². The molecule has 4 heterocycles. The van der Waals surface area contributed by atoms with E-state index < -0.39 is 11.8 Å². The molecule has 1 N–H and O–H groups in total. The molecule has 8 nitrogen and oxygen atoms in total. The van der Waals surface area contributed by atoms with Gasteiger partial charge in [-0.1, -0.05) is 6.07 Å². The van der Waals surface area contributed by atoms with E-state index >= 15 is 0 Å². The number of aryl methyl sites for hydroxylation is 2. The number of amides is 2. The summed E-state index contributed by atoms with van der Waals surface area (Å²) in [6, 6.07) is 3.82. The van der Waals surface area contributed by atoms with E-state index in [1.165, 1.54) is 28.7 Å². The van der Waals surface area contributed by atoms with Crippen molar-refractivity contribution in [2.75, 3.05) is 12.0 Å². The molecule has 0 fully saturated rings. The van der Waals surface area contributed by atoms with Crippen LogP contribution in [0.4, 0.5) is 5.82 Å². The highest BCUT2D eigenvalue weighted by Gasteiger charge is 2.30. The second kappa shape index (κ2) is 8.56. The van der Waals surface area contributed by atoms with E-state index in [1.807, 2.05) is 24.4 Å². The number of rotatable bonds is 7. The van der Waals surface area contributed by atoms with E-state index in [0.717, 1.165) is 30.5 Å². The number of hydrazine groups is 1. The second-order valence-electron chi connectivity index (χ2n) is 6.93. The molecule has 0 saturated heterocycles. The van der Waals surface area contributed by atoms with Gasteiger partial charge in [-0.2, -0.15) is 5.01 Å². The summed E-state index contributed by atoms with van der Waals surface area (Å²) in [6.45, 7) is 5.65. The number of carbonyl (C=O) groups excluding carboxylic acids is 3. The first kappa shape index (κ1) is 21.1. The fraction of sp³-hybridized carbons (Fsp3) is 0.286. The maximum Gasteiger partial charge on any atom is 0.306 e. The lowest BCUT2D eigenvalue weighted by atomic mass is 10.1. The predicted molar refractivity (Wildman–Crippen MR) is 120 cm³/mol. The van der Waals surface area contributed by atoms with Crippen LogP contribution in [-0.4, -0.2) is 39.4 Å². The smallest absolute Gasteiger partial charge is 0.306 e. The molecule has 2 amide bonds. The Balaban J connectivity index is 1.76. The molecule has 160 valence electrons. The molecule has 31 heavy (non-hydrogen) atoms. The molecule has 3 aromatic heterocycles. The molecular weight excluding hydrogens is 436 g/mol. The third kappa shape index (κ3) is 4.08. The molecule has 0 saturated carbocycles. The lowest BCUT2D eigenvalue weighted by Crippen LogP contribution is -2.36. The van der Waals surface area contributed by atoms with Gasteiger partial charge in [0.25, 0.3) is 11.8 Å². The van der Waals surface area contributed by atoms with Gasteiger partial charge in [0, 0.05) is 16.5 Å². The number of thiophene rings is 2. The van der Waals surface area contributed by atoms with Gasteiger partial charge >= 0.3 is 5.97 Å². The zero-order chi connectivity index (χ0) is 22.1. The Morgan fingerprint density at radius 1 is 1.26 bits per heavy atom. The van der Waals surface area contributed by atoms with Crippen molar-refractivity contribution in [1.82, 2.24) is 15.0 Å². The minimum atomic E-state index is -0.442. The zero-order valence-corrected chi connectivity index (χ0v) is 18.9. The molecule has 0 bridgehead atoms. The summed E-state index contributed by atoms with van der Waals surface area (Å²) >= 11 is 2.98. The van der Waals surface area contributed by atoms with Gasteiger partial charge in [0.15, 0.2) is 11.6 Å². The number of nitrogens with one attached hydrogen (secondary N) is 1. The Morgan fingerprint density at radius 3 is 2.71 bits per heavy atom. The molecule has 0 aromatic carbocycles. The minimum Gasteiger partial charge on any atom is -0.466 e. The van der Waals surface area contributed by atoms with Crippen LogP contribution in [0.15, 0.2) is 29.2 Å². The van der Waals surface area contributed by atoms with E-state index in [1.54, 1.807) is 13.8 Å². The summed E-state index contributed by atoms with van der Waals surface area (Å²) in [7, 11) is 0. The average Bonchev–Trinajstić information content (AvgIpc) is 3.43. The van der Waals surface area contributed by atoms with E-state index in [0.29, 0.717) is 30.2 Å². The highest BCUT2D eigenvalue weighted by molar-refractivity contribution is 7.19. The maximum atomic E-state index is 12.4. The third-order valence-corrected chi connectivity index (χ3v) is 6.92. The van der Waals surface area contributed by atoms with Gasteiger partial charge < -0.3 is 4.74 Å². The molecule has 1 aliphatic rings. The lowest BCUT2D eigenvalue weighted by Gasteiger charge is -2.17. The number of aromatic nitrogens is 2. The summed E-state index contributed by atoms with van der Waals surface area (Å²) in [5.74, 6) is -0.216. The van der Waals surface area contributed by atoms with Crippen molar-refractivity contribution >= 4 is 56.5 Å². The van der Waals surface area contributed by atoms with Crippen LogP contribution in [0.25, 0.3) is 20.9 Å². The first-order valence-electron chi connectivity index (χ1n) is 9.72. The van der Waals surface area contributed by atoms with Crippen LogP contribution in [-0.2, 0) is 25.5 Å². The largest absolute Gasteiger partial charge is 0.466 e. The fourth-order valence-corrected chi connectivity index (χ4v) is 5.10. The van der Waals surface area contributed by atoms with Crippen molar-refractivity contribution in [1.29, 1.82) is 0 Å². The molecule has 0 aliphatic carbocycles.